The fraction of sp³-hybridized carbons (Fsp3) is 0.611. The number of nitrogens with zero attached hydrogens (tertiary/aromatic N) is 3. The highest BCUT2D eigenvalue weighted by Crippen LogP contribution is 2.17. The molecule has 2 saturated heterocycles. The van der Waals surface area contributed by atoms with Crippen LogP contribution < -0.4 is 0 Å². The monoisotopic (exact) mass is 347 g/mol. The topological polar surface area (TPSA) is 74.1 Å². The van der Waals surface area contributed by atoms with Crippen LogP contribution in [0.3, 0.4) is 0 Å². The number of rotatable bonds is 3. The molecule has 1 unspecified atom stereocenters. The van der Waals surface area contributed by atoms with Crippen molar-refractivity contribution in [3.05, 3.63) is 24.2 Å². The first-order chi connectivity index (χ1) is 12.0. The molecular formula is C18H25N3O4. The Bertz CT molecular complexity index is 620. The van der Waals surface area contributed by atoms with Crippen molar-refractivity contribution in [1.29, 1.82) is 0 Å². The van der Waals surface area contributed by atoms with Crippen molar-refractivity contribution in [2.24, 2.45) is 5.92 Å². The molecule has 3 rings (SSSR count). The number of amides is 3. The van der Waals surface area contributed by atoms with Crippen molar-refractivity contribution < 1.29 is 18.8 Å². The second-order valence-corrected chi connectivity index (χ2v) is 6.91. The third kappa shape index (κ3) is 4.21. The highest BCUT2D eigenvalue weighted by molar-refractivity contribution is 5.97. The van der Waals surface area contributed by atoms with Crippen LogP contribution in [-0.4, -0.2) is 71.7 Å². The zero-order valence-electron chi connectivity index (χ0n) is 14.6. The molecule has 7 nitrogen and oxygen atoms in total. The van der Waals surface area contributed by atoms with Crippen LogP contribution in [0.1, 0.15) is 36.7 Å². The number of hydrogen-bond acceptors (Lipinski definition) is 4. The van der Waals surface area contributed by atoms with E-state index in [4.69, 9.17) is 4.42 Å². The van der Waals surface area contributed by atoms with Crippen LogP contribution in [-0.2, 0) is 9.59 Å². The van der Waals surface area contributed by atoms with Gasteiger partial charge >= 0.3 is 0 Å². The van der Waals surface area contributed by atoms with E-state index >= 15 is 0 Å². The maximum atomic E-state index is 12.4. The first kappa shape index (κ1) is 17.5. The van der Waals surface area contributed by atoms with Crippen LogP contribution in [0.5, 0.6) is 0 Å². The molecule has 0 bridgehead atoms. The third-order valence-electron chi connectivity index (χ3n) is 4.96. The van der Waals surface area contributed by atoms with Crippen molar-refractivity contribution in [1.82, 2.24) is 14.7 Å². The number of furan rings is 1. The summed E-state index contributed by atoms with van der Waals surface area (Å²) in [7, 11) is 0. The van der Waals surface area contributed by atoms with E-state index in [1.165, 1.54) is 6.26 Å². The maximum absolute atomic E-state index is 12.4. The van der Waals surface area contributed by atoms with Crippen LogP contribution in [0.15, 0.2) is 22.8 Å². The van der Waals surface area contributed by atoms with Crippen molar-refractivity contribution in [2.45, 2.75) is 26.2 Å². The highest BCUT2D eigenvalue weighted by Gasteiger charge is 2.28. The predicted octanol–water partition coefficient (Wildman–Crippen LogP) is 1.21. The Balaban J connectivity index is 1.46. The fourth-order valence-electron chi connectivity index (χ4n) is 3.48. The minimum atomic E-state index is -0.157. The van der Waals surface area contributed by atoms with E-state index in [0.29, 0.717) is 37.9 Å². The summed E-state index contributed by atoms with van der Waals surface area (Å²) in [6.07, 6.45) is 3.55. The van der Waals surface area contributed by atoms with Crippen LogP contribution in [0, 0.1) is 5.92 Å². The van der Waals surface area contributed by atoms with Crippen molar-refractivity contribution >= 4 is 17.7 Å². The Kier molecular flexibility index (Phi) is 5.40. The molecule has 0 aliphatic carbocycles. The van der Waals surface area contributed by atoms with Gasteiger partial charge in [0.1, 0.15) is 6.42 Å². The fourth-order valence-corrected chi connectivity index (χ4v) is 3.48. The lowest BCUT2D eigenvalue weighted by Gasteiger charge is -2.35. The van der Waals surface area contributed by atoms with Crippen molar-refractivity contribution in [3.63, 3.8) is 0 Å². The van der Waals surface area contributed by atoms with Gasteiger partial charge in [-0.25, -0.2) is 0 Å². The van der Waals surface area contributed by atoms with E-state index in [-0.39, 0.29) is 24.1 Å². The molecule has 3 amide bonds. The number of piperazine rings is 1. The van der Waals surface area contributed by atoms with Crippen LogP contribution in [0.2, 0.25) is 0 Å². The third-order valence-corrected chi connectivity index (χ3v) is 4.96. The lowest BCUT2D eigenvalue weighted by molar-refractivity contribution is -0.142. The number of likely N-dealkylation sites (tertiary alicyclic amines) is 1. The Morgan fingerprint density at radius 3 is 2.36 bits per heavy atom. The molecule has 7 heteroatoms. The normalized spacial score (nSPS) is 21.3. The summed E-state index contributed by atoms with van der Waals surface area (Å²) >= 11 is 0. The Labute approximate surface area is 147 Å². The Hall–Kier alpha value is -2.31. The predicted molar refractivity (Wildman–Crippen MR) is 90.8 cm³/mol. The number of carbonyl (C=O) groups is 3. The van der Waals surface area contributed by atoms with Gasteiger partial charge in [0.2, 0.25) is 11.8 Å². The van der Waals surface area contributed by atoms with E-state index in [1.54, 1.807) is 21.9 Å². The molecule has 0 saturated carbocycles. The van der Waals surface area contributed by atoms with E-state index in [9.17, 15) is 14.4 Å². The molecule has 0 radical (unpaired) electrons. The summed E-state index contributed by atoms with van der Waals surface area (Å²) in [5.74, 6) is 0.438. The summed E-state index contributed by atoms with van der Waals surface area (Å²) in [6, 6.07) is 3.32. The van der Waals surface area contributed by atoms with Crippen LogP contribution in [0.4, 0.5) is 0 Å². The Morgan fingerprint density at radius 2 is 1.72 bits per heavy atom. The van der Waals surface area contributed by atoms with Gasteiger partial charge in [0.25, 0.3) is 5.91 Å². The van der Waals surface area contributed by atoms with Gasteiger partial charge in [-0.3, -0.25) is 14.4 Å². The number of carbonyl (C=O) groups excluding carboxylic acids is 3. The minimum absolute atomic E-state index is 0.0706. The summed E-state index contributed by atoms with van der Waals surface area (Å²) in [6.45, 7) is 5.46. The molecule has 0 N–H and O–H groups in total. The molecule has 2 fully saturated rings. The van der Waals surface area contributed by atoms with E-state index in [1.807, 2.05) is 4.90 Å². The van der Waals surface area contributed by atoms with Gasteiger partial charge in [-0.05, 0) is 30.9 Å². The minimum Gasteiger partial charge on any atom is -0.459 e. The molecule has 2 aliphatic rings. The SMILES string of the molecule is CC1CCCN(C(=O)CC(=O)N2CCN(C(=O)c3ccco3)CC2)C1. The van der Waals surface area contributed by atoms with Crippen molar-refractivity contribution in [2.75, 3.05) is 39.3 Å². The van der Waals surface area contributed by atoms with Gasteiger partial charge in [0.05, 0.1) is 6.26 Å². The van der Waals surface area contributed by atoms with E-state index in [0.717, 1.165) is 25.9 Å². The van der Waals surface area contributed by atoms with Gasteiger partial charge in [-0.1, -0.05) is 6.92 Å². The quantitative estimate of drug-likeness (QED) is 0.771. The standard InChI is InChI=1S/C18H25N3O4/c1-14-4-2-6-21(13-14)17(23)12-16(22)19-7-9-20(10-8-19)18(24)15-5-3-11-25-15/h3,5,11,14H,2,4,6-10,12-13H2,1H3. The van der Waals surface area contributed by atoms with Gasteiger partial charge in [0, 0.05) is 39.3 Å². The van der Waals surface area contributed by atoms with E-state index in [2.05, 4.69) is 6.92 Å². The lowest BCUT2D eigenvalue weighted by atomic mass is 10.00. The van der Waals surface area contributed by atoms with Gasteiger partial charge < -0.3 is 19.1 Å². The average Bonchev–Trinajstić information content (AvgIpc) is 3.16. The first-order valence-electron chi connectivity index (χ1n) is 8.93. The molecule has 2 aliphatic heterocycles. The molecule has 3 heterocycles. The molecule has 1 aromatic rings. The van der Waals surface area contributed by atoms with E-state index < -0.39 is 0 Å². The van der Waals surface area contributed by atoms with Crippen LogP contribution in [0.25, 0.3) is 0 Å². The summed E-state index contributed by atoms with van der Waals surface area (Å²) in [5.41, 5.74) is 0. The molecule has 1 aromatic heterocycles. The molecule has 1 atom stereocenters. The molecule has 25 heavy (non-hydrogen) atoms. The molecule has 0 spiro atoms. The van der Waals surface area contributed by atoms with Crippen molar-refractivity contribution in [3.8, 4) is 0 Å². The lowest BCUT2D eigenvalue weighted by Crippen LogP contribution is -2.51. The molecule has 136 valence electrons. The molecule has 0 aromatic carbocycles. The Morgan fingerprint density at radius 1 is 1.04 bits per heavy atom. The second kappa shape index (κ2) is 7.72. The zero-order valence-corrected chi connectivity index (χ0v) is 14.6. The molecular weight excluding hydrogens is 322 g/mol. The highest BCUT2D eigenvalue weighted by atomic mass is 16.3. The second-order valence-electron chi connectivity index (χ2n) is 6.91. The van der Waals surface area contributed by atoms with Gasteiger partial charge in [0.15, 0.2) is 5.76 Å². The van der Waals surface area contributed by atoms with Gasteiger partial charge in [-0.2, -0.15) is 0 Å². The summed E-state index contributed by atoms with van der Waals surface area (Å²) in [5, 5.41) is 0. The first-order valence-corrected chi connectivity index (χ1v) is 8.93. The summed E-state index contributed by atoms with van der Waals surface area (Å²) in [4.78, 5) is 42.1. The largest absolute Gasteiger partial charge is 0.459 e. The number of hydrogen-bond donors (Lipinski definition) is 0. The number of piperidine rings is 1. The summed E-state index contributed by atoms with van der Waals surface area (Å²) < 4.78 is 5.13. The maximum Gasteiger partial charge on any atom is 0.289 e. The van der Waals surface area contributed by atoms with Crippen LogP contribution >= 0.6 is 0 Å². The average molecular weight is 347 g/mol. The van der Waals surface area contributed by atoms with Gasteiger partial charge in [-0.15, -0.1) is 0 Å². The zero-order chi connectivity index (χ0) is 17.8. The smallest absolute Gasteiger partial charge is 0.289 e.